The Morgan fingerprint density at radius 3 is 2.23 bits per heavy atom. The Morgan fingerprint density at radius 2 is 1.55 bits per heavy atom. The normalized spacial score (nSPS) is 10.7. The maximum absolute atomic E-state index is 6.10. The van der Waals surface area contributed by atoms with Crippen LogP contribution in [0, 0.1) is 0 Å². The van der Waals surface area contributed by atoms with Crippen molar-refractivity contribution in [3.05, 3.63) is 85.8 Å². The second-order valence-corrected chi connectivity index (χ2v) is 8.50. The predicted octanol–water partition coefficient (Wildman–Crippen LogP) is 7.03. The first-order valence-electron chi connectivity index (χ1n) is 9.85. The summed E-state index contributed by atoms with van der Waals surface area (Å²) in [5, 5.41) is 4.48. The van der Waals surface area contributed by atoms with Gasteiger partial charge in [0.15, 0.2) is 11.5 Å². The number of hydrogen-bond acceptors (Lipinski definition) is 4. The zero-order valence-corrected chi connectivity index (χ0v) is 20.5. The molecule has 0 aliphatic carbocycles. The van der Waals surface area contributed by atoms with Gasteiger partial charge in [-0.05, 0) is 75.9 Å². The minimum Gasteiger partial charge on any atom is -0.497 e. The summed E-state index contributed by atoms with van der Waals surface area (Å²) in [6, 6.07) is 17.5. The highest BCUT2D eigenvalue weighted by atomic mass is 79.9. The molecule has 3 aromatic carbocycles. The first-order chi connectivity index (χ1) is 15.0. The van der Waals surface area contributed by atoms with Gasteiger partial charge in [-0.2, -0.15) is 0 Å². The Hall–Kier alpha value is -1.92. The van der Waals surface area contributed by atoms with E-state index in [1.54, 1.807) is 19.2 Å². The first-order valence-corrected chi connectivity index (χ1v) is 11.4. The van der Waals surface area contributed by atoms with E-state index in [9.17, 15) is 0 Å². The summed E-state index contributed by atoms with van der Waals surface area (Å²) in [6.07, 6.45) is 0. The number of rotatable bonds is 10. The van der Waals surface area contributed by atoms with Crippen molar-refractivity contribution in [3.63, 3.8) is 0 Å². The van der Waals surface area contributed by atoms with Gasteiger partial charge < -0.3 is 19.5 Å². The topological polar surface area (TPSA) is 39.7 Å². The van der Waals surface area contributed by atoms with E-state index in [1.807, 2.05) is 49.4 Å². The van der Waals surface area contributed by atoms with E-state index in [2.05, 4.69) is 21.2 Å². The second kappa shape index (κ2) is 11.6. The maximum Gasteiger partial charge on any atom is 0.175 e. The molecule has 0 saturated carbocycles. The molecule has 0 atom stereocenters. The molecule has 0 aromatic heterocycles. The summed E-state index contributed by atoms with van der Waals surface area (Å²) in [7, 11) is 1.67. The van der Waals surface area contributed by atoms with Crippen LogP contribution in [0.5, 0.6) is 17.2 Å². The van der Waals surface area contributed by atoms with Crippen LogP contribution in [0.1, 0.15) is 23.6 Å². The van der Waals surface area contributed by atoms with Crippen molar-refractivity contribution in [2.75, 3.05) is 13.7 Å². The average molecular weight is 525 g/mol. The first kappa shape index (κ1) is 23.7. The lowest BCUT2D eigenvalue weighted by molar-refractivity contribution is 0.267. The fourth-order valence-electron chi connectivity index (χ4n) is 3.01. The smallest absolute Gasteiger partial charge is 0.175 e. The molecule has 0 spiro atoms. The standard InChI is InChI=1S/C24H24BrCl2NO3/c1-3-30-23-12-18(14-28-13-16-4-7-19(29-2)8-5-16)10-20(25)24(23)31-15-17-6-9-21(26)22(27)11-17/h4-12,28H,3,13-15H2,1-2H3. The molecular weight excluding hydrogens is 501 g/mol. The van der Waals surface area contributed by atoms with Crippen LogP contribution < -0.4 is 19.5 Å². The van der Waals surface area contributed by atoms with E-state index in [0.717, 1.165) is 27.9 Å². The number of halogens is 3. The molecular formula is C24H24BrCl2NO3. The van der Waals surface area contributed by atoms with Crippen LogP contribution >= 0.6 is 39.1 Å². The van der Waals surface area contributed by atoms with Gasteiger partial charge >= 0.3 is 0 Å². The van der Waals surface area contributed by atoms with Gasteiger partial charge in [0.05, 0.1) is 28.2 Å². The molecule has 3 rings (SSSR count). The Balaban J connectivity index is 1.66. The number of ether oxygens (including phenoxy) is 3. The molecule has 7 heteroatoms. The molecule has 0 fully saturated rings. The van der Waals surface area contributed by atoms with Crippen molar-refractivity contribution in [3.8, 4) is 17.2 Å². The zero-order chi connectivity index (χ0) is 22.2. The molecule has 0 aliphatic heterocycles. The van der Waals surface area contributed by atoms with E-state index in [4.69, 9.17) is 37.4 Å². The van der Waals surface area contributed by atoms with E-state index >= 15 is 0 Å². The van der Waals surface area contributed by atoms with Crippen molar-refractivity contribution >= 4 is 39.1 Å². The van der Waals surface area contributed by atoms with Gasteiger partial charge in [0, 0.05) is 13.1 Å². The summed E-state index contributed by atoms with van der Waals surface area (Å²) in [4.78, 5) is 0. The summed E-state index contributed by atoms with van der Waals surface area (Å²) >= 11 is 15.7. The number of methoxy groups -OCH3 is 1. The van der Waals surface area contributed by atoms with E-state index in [0.29, 0.717) is 41.3 Å². The quantitative estimate of drug-likeness (QED) is 0.309. The minimum absolute atomic E-state index is 0.352. The van der Waals surface area contributed by atoms with Crippen LogP contribution in [0.4, 0.5) is 0 Å². The van der Waals surface area contributed by atoms with Crippen LogP contribution in [0.25, 0.3) is 0 Å². The molecule has 0 amide bonds. The molecule has 0 saturated heterocycles. The molecule has 164 valence electrons. The third-order valence-electron chi connectivity index (χ3n) is 4.55. The van der Waals surface area contributed by atoms with Gasteiger partial charge in [0.1, 0.15) is 12.4 Å². The second-order valence-electron chi connectivity index (χ2n) is 6.83. The van der Waals surface area contributed by atoms with Gasteiger partial charge in [0.25, 0.3) is 0 Å². The van der Waals surface area contributed by atoms with Crippen molar-refractivity contribution in [2.45, 2.75) is 26.6 Å². The third kappa shape index (κ3) is 6.78. The number of nitrogens with one attached hydrogen (secondary N) is 1. The molecule has 0 radical (unpaired) electrons. The van der Waals surface area contributed by atoms with E-state index in [1.165, 1.54) is 5.56 Å². The number of hydrogen-bond donors (Lipinski definition) is 1. The van der Waals surface area contributed by atoms with Gasteiger partial charge in [0.2, 0.25) is 0 Å². The molecule has 0 unspecified atom stereocenters. The molecule has 0 bridgehead atoms. The van der Waals surface area contributed by atoms with Gasteiger partial charge in [-0.25, -0.2) is 0 Å². The Labute approximate surface area is 201 Å². The van der Waals surface area contributed by atoms with Crippen molar-refractivity contribution in [1.82, 2.24) is 5.32 Å². The highest BCUT2D eigenvalue weighted by Gasteiger charge is 2.13. The van der Waals surface area contributed by atoms with Crippen LogP contribution in [-0.2, 0) is 19.7 Å². The minimum atomic E-state index is 0.352. The van der Waals surface area contributed by atoms with E-state index < -0.39 is 0 Å². The lowest BCUT2D eigenvalue weighted by Gasteiger charge is -2.16. The maximum atomic E-state index is 6.10. The number of benzene rings is 3. The molecule has 0 aliphatic rings. The van der Waals surface area contributed by atoms with E-state index in [-0.39, 0.29) is 0 Å². The van der Waals surface area contributed by atoms with Gasteiger partial charge in [-0.1, -0.05) is 41.4 Å². The lowest BCUT2D eigenvalue weighted by atomic mass is 10.1. The molecule has 31 heavy (non-hydrogen) atoms. The van der Waals surface area contributed by atoms with Crippen molar-refractivity contribution < 1.29 is 14.2 Å². The molecule has 3 aromatic rings. The summed E-state index contributed by atoms with van der Waals surface area (Å²) in [5.74, 6) is 2.20. The van der Waals surface area contributed by atoms with Crippen molar-refractivity contribution in [1.29, 1.82) is 0 Å². The van der Waals surface area contributed by atoms with Crippen LogP contribution in [0.3, 0.4) is 0 Å². The fourth-order valence-corrected chi connectivity index (χ4v) is 3.93. The Bertz CT molecular complexity index is 1010. The van der Waals surface area contributed by atoms with Crippen LogP contribution in [0.2, 0.25) is 10.0 Å². The Morgan fingerprint density at radius 1 is 0.839 bits per heavy atom. The average Bonchev–Trinajstić information content (AvgIpc) is 2.76. The highest BCUT2D eigenvalue weighted by molar-refractivity contribution is 9.10. The summed E-state index contributed by atoms with van der Waals surface area (Å²) in [5.41, 5.74) is 3.20. The van der Waals surface area contributed by atoms with Crippen LogP contribution in [0.15, 0.2) is 59.1 Å². The van der Waals surface area contributed by atoms with Gasteiger partial charge in [-0.15, -0.1) is 0 Å². The molecule has 0 heterocycles. The Kier molecular flexibility index (Phi) is 8.90. The van der Waals surface area contributed by atoms with Crippen molar-refractivity contribution in [2.24, 2.45) is 0 Å². The predicted molar refractivity (Wildman–Crippen MR) is 130 cm³/mol. The largest absolute Gasteiger partial charge is 0.497 e. The summed E-state index contributed by atoms with van der Waals surface area (Å²) < 4.78 is 17.9. The molecule has 1 N–H and O–H groups in total. The SMILES string of the molecule is CCOc1cc(CNCc2ccc(OC)cc2)cc(Br)c1OCc1ccc(Cl)c(Cl)c1. The third-order valence-corrected chi connectivity index (χ3v) is 5.88. The lowest BCUT2D eigenvalue weighted by Crippen LogP contribution is -2.13. The zero-order valence-electron chi connectivity index (χ0n) is 17.4. The highest BCUT2D eigenvalue weighted by Crippen LogP contribution is 2.37. The van der Waals surface area contributed by atoms with Crippen LogP contribution in [-0.4, -0.2) is 13.7 Å². The summed E-state index contributed by atoms with van der Waals surface area (Å²) in [6.45, 7) is 4.28. The fraction of sp³-hybridized carbons (Fsp3) is 0.250. The van der Waals surface area contributed by atoms with Gasteiger partial charge in [-0.3, -0.25) is 0 Å². The molecule has 4 nitrogen and oxygen atoms in total. The monoisotopic (exact) mass is 523 g/mol.